The fourth-order valence-electron chi connectivity index (χ4n) is 2.97. The van der Waals surface area contributed by atoms with Gasteiger partial charge in [0, 0.05) is 17.3 Å². The molecular weight excluding hydrogens is 232 g/mol. The van der Waals surface area contributed by atoms with Crippen LogP contribution in [-0.4, -0.2) is 33.9 Å². The van der Waals surface area contributed by atoms with E-state index in [1.165, 1.54) is 12.2 Å². The van der Waals surface area contributed by atoms with Crippen LogP contribution in [0.15, 0.2) is 6.20 Å². The highest BCUT2D eigenvalue weighted by Crippen LogP contribution is 2.42. The zero-order chi connectivity index (χ0) is 13.7. The molecule has 18 heavy (non-hydrogen) atoms. The van der Waals surface area contributed by atoms with Crippen molar-refractivity contribution >= 4 is 5.97 Å². The summed E-state index contributed by atoms with van der Waals surface area (Å²) >= 11 is 0. The number of ether oxygens (including phenoxy) is 1. The summed E-state index contributed by atoms with van der Waals surface area (Å²) in [5.74, 6) is -0.405. The fourth-order valence-corrected chi connectivity index (χ4v) is 2.97. The van der Waals surface area contributed by atoms with Crippen LogP contribution in [0.4, 0.5) is 0 Å². The predicted octanol–water partition coefficient (Wildman–Crippen LogP) is 2.06. The van der Waals surface area contributed by atoms with Crippen LogP contribution >= 0.6 is 0 Å². The zero-order valence-electron chi connectivity index (χ0n) is 11.5. The second kappa shape index (κ2) is 3.83. The molecule has 2 rings (SSSR count). The first-order chi connectivity index (χ1) is 8.21. The van der Waals surface area contributed by atoms with Crippen molar-refractivity contribution in [2.45, 2.75) is 45.2 Å². The summed E-state index contributed by atoms with van der Waals surface area (Å²) in [7, 11) is 1.35. The maximum atomic E-state index is 11.7. The highest BCUT2D eigenvalue weighted by Gasteiger charge is 2.47. The third-order valence-electron chi connectivity index (χ3n) is 3.69. The smallest absolute Gasteiger partial charge is 0.354 e. The molecule has 1 aliphatic heterocycles. The van der Waals surface area contributed by atoms with Crippen molar-refractivity contribution in [1.82, 2.24) is 10.0 Å². The van der Waals surface area contributed by atoms with Crippen molar-refractivity contribution in [3.8, 4) is 0 Å². The lowest BCUT2D eigenvalue weighted by atomic mass is 9.78. The Kier molecular flexibility index (Phi) is 2.79. The molecule has 0 bridgehead atoms. The van der Waals surface area contributed by atoms with Crippen molar-refractivity contribution in [2.24, 2.45) is 0 Å². The van der Waals surface area contributed by atoms with E-state index in [4.69, 9.17) is 4.74 Å². The molecule has 0 amide bonds. The van der Waals surface area contributed by atoms with Gasteiger partial charge in [-0.3, -0.25) is 0 Å². The third-order valence-corrected chi connectivity index (χ3v) is 3.69. The number of carbonyl (C=O) groups is 1. The van der Waals surface area contributed by atoms with E-state index in [9.17, 15) is 10.0 Å². The Morgan fingerprint density at radius 3 is 2.61 bits per heavy atom. The number of carbonyl (C=O) groups excluding carboxylic acids is 1. The summed E-state index contributed by atoms with van der Waals surface area (Å²) in [5.41, 5.74) is 1.28. The van der Waals surface area contributed by atoms with Crippen LogP contribution in [0.25, 0.3) is 0 Å². The monoisotopic (exact) mass is 252 g/mol. The van der Waals surface area contributed by atoms with Crippen LogP contribution in [0.3, 0.4) is 0 Å². The summed E-state index contributed by atoms with van der Waals surface area (Å²) in [6, 6.07) is 0. The van der Waals surface area contributed by atoms with Gasteiger partial charge in [0.15, 0.2) is 0 Å². The van der Waals surface area contributed by atoms with Crippen LogP contribution in [0.2, 0.25) is 0 Å². The van der Waals surface area contributed by atoms with E-state index in [2.05, 4.69) is 4.98 Å². The Labute approximate surface area is 107 Å². The number of methoxy groups -OCH3 is 1. The minimum absolute atomic E-state index is 0.369. The topological polar surface area (TPSA) is 65.6 Å². The molecule has 1 aliphatic rings. The zero-order valence-corrected chi connectivity index (χ0v) is 11.5. The molecule has 5 heteroatoms. The molecule has 0 saturated heterocycles. The van der Waals surface area contributed by atoms with E-state index >= 15 is 0 Å². The maximum Gasteiger partial charge on any atom is 0.354 e. The van der Waals surface area contributed by atoms with Crippen molar-refractivity contribution in [1.29, 1.82) is 0 Å². The number of H-pyrrole nitrogens is 1. The molecule has 0 unspecified atom stereocenters. The van der Waals surface area contributed by atoms with Crippen molar-refractivity contribution in [3.63, 3.8) is 0 Å². The van der Waals surface area contributed by atoms with E-state index in [1.807, 2.05) is 33.9 Å². The van der Waals surface area contributed by atoms with Gasteiger partial charge >= 0.3 is 5.97 Å². The Morgan fingerprint density at radius 2 is 2.06 bits per heavy atom. The average Bonchev–Trinajstić information content (AvgIpc) is 2.69. The molecule has 0 atom stereocenters. The molecule has 5 nitrogen and oxygen atoms in total. The van der Waals surface area contributed by atoms with Gasteiger partial charge in [0.2, 0.25) is 0 Å². The fraction of sp³-hybridized carbons (Fsp3) is 0.615. The average molecular weight is 252 g/mol. The first-order valence-corrected chi connectivity index (χ1v) is 6.00. The molecule has 2 heterocycles. The molecule has 0 aromatic carbocycles. The van der Waals surface area contributed by atoms with Gasteiger partial charge < -0.3 is 14.9 Å². The molecule has 0 radical (unpaired) electrons. The number of hydrogen-bond donors (Lipinski definition) is 2. The lowest BCUT2D eigenvalue weighted by Crippen LogP contribution is -2.56. The molecule has 0 aliphatic carbocycles. The SMILES string of the molecule is COC(=O)c1[nH]cc2c1C(C)(C)N(O)C(C)(C)C2. The molecule has 2 N–H and O–H groups in total. The minimum Gasteiger partial charge on any atom is -0.464 e. The molecule has 1 aromatic rings. The van der Waals surface area contributed by atoms with E-state index in [0.29, 0.717) is 12.1 Å². The van der Waals surface area contributed by atoms with E-state index in [0.717, 1.165) is 11.1 Å². The summed E-state index contributed by atoms with van der Waals surface area (Å²) in [6.45, 7) is 7.74. The van der Waals surface area contributed by atoms with Crippen LogP contribution < -0.4 is 0 Å². The first kappa shape index (κ1) is 13.1. The molecular formula is C13H20N2O3. The van der Waals surface area contributed by atoms with E-state index in [-0.39, 0.29) is 5.54 Å². The largest absolute Gasteiger partial charge is 0.464 e. The highest BCUT2D eigenvalue weighted by atomic mass is 16.5. The van der Waals surface area contributed by atoms with Gasteiger partial charge in [0.1, 0.15) is 5.69 Å². The number of nitrogens with one attached hydrogen (secondary N) is 1. The molecule has 1 aromatic heterocycles. The lowest BCUT2D eigenvalue weighted by Gasteiger charge is -2.48. The summed E-state index contributed by atoms with van der Waals surface area (Å²) in [6.07, 6.45) is 2.51. The van der Waals surface area contributed by atoms with Crippen LogP contribution in [0.5, 0.6) is 0 Å². The van der Waals surface area contributed by atoms with Gasteiger partial charge in [0.25, 0.3) is 0 Å². The van der Waals surface area contributed by atoms with Gasteiger partial charge in [-0.25, -0.2) is 4.79 Å². The second-order valence-corrected chi connectivity index (χ2v) is 5.92. The van der Waals surface area contributed by atoms with Crippen LogP contribution in [-0.2, 0) is 16.7 Å². The number of hydroxylamine groups is 2. The number of rotatable bonds is 1. The van der Waals surface area contributed by atoms with Crippen LogP contribution in [0, 0.1) is 0 Å². The number of esters is 1. The van der Waals surface area contributed by atoms with Gasteiger partial charge in [-0.05, 0) is 39.7 Å². The van der Waals surface area contributed by atoms with Gasteiger partial charge in [0.05, 0.1) is 12.6 Å². The summed E-state index contributed by atoms with van der Waals surface area (Å²) in [4.78, 5) is 14.7. The standard InChI is InChI=1S/C13H20N2O3/c1-12(2)6-8-7-14-10(11(16)18-5)9(8)13(3,4)15(12)17/h7,14,17H,6H2,1-5H3. The van der Waals surface area contributed by atoms with Crippen LogP contribution in [0.1, 0.15) is 49.3 Å². The van der Waals surface area contributed by atoms with E-state index < -0.39 is 11.5 Å². The number of aromatic nitrogens is 1. The van der Waals surface area contributed by atoms with Gasteiger partial charge in [-0.2, -0.15) is 5.06 Å². The third kappa shape index (κ3) is 1.66. The van der Waals surface area contributed by atoms with E-state index in [1.54, 1.807) is 0 Å². The van der Waals surface area contributed by atoms with Gasteiger partial charge in [-0.1, -0.05) is 0 Å². The number of fused-ring (bicyclic) bond motifs is 1. The Hall–Kier alpha value is -1.33. The lowest BCUT2D eigenvalue weighted by molar-refractivity contribution is -0.233. The normalized spacial score (nSPS) is 21.4. The first-order valence-electron chi connectivity index (χ1n) is 6.00. The number of nitrogens with zero attached hydrogens (tertiary/aromatic N) is 1. The molecule has 0 spiro atoms. The molecule has 0 fully saturated rings. The Bertz CT molecular complexity index is 488. The molecule has 0 saturated carbocycles. The minimum atomic E-state index is -0.638. The predicted molar refractivity (Wildman–Crippen MR) is 66.6 cm³/mol. The quantitative estimate of drug-likeness (QED) is 0.751. The Morgan fingerprint density at radius 1 is 1.44 bits per heavy atom. The molecule has 100 valence electrons. The maximum absolute atomic E-state index is 11.7. The van der Waals surface area contributed by atoms with Gasteiger partial charge in [-0.15, -0.1) is 0 Å². The summed E-state index contributed by atoms with van der Waals surface area (Å²) in [5, 5.41) is 11.7. The van der Waals surface area contributed by atoms with Crippen molar-refractivity contribution < 1.29 is 14.7 Å². The second-order valence-electron chi connectivity index (χ2n) is 5.92. The number of aromatic amines is 1. The highest BCUT2D eigenvalue weighted by molar-refractivity contribution is 5.90. The number of hydrogen-bond acceptors (Lipinski definition) is 4. The Balaban J connectivity index is 2.61. The summed E-state index contributed by atoms with van der Waals surface area (Å²) < 4.78 is 4.77. The van der Waals surface area contributed by atoms with Crippen molar-refractivity contribution in [3.05, 3.63) is 23.0 Å². The van der Waals surface area contributed by atoms with Crippen molar-refractivity contribution in [2.75, 3.05) is 7.11 Å².